The first kappa shape index (κ1) is 16.5. The number of ketones is 1. The fraction of sp³-hybridized carbons (Fsp3) is 0.438. The number of nitrogens with one attached hydrogen (secondary N) is 1. The van der Waals surface area contributed by atoms with Gasteiger partial charge < -0.3 is 5.32 Å². The van der Waals surface area contributed by atoms with Crippen LogP contribution in [0.3, 0.4) is 0 Å². The first-order valence-electron chi connectivity index (χ1n) is 6.99. The largest absolute Gasteiger partial charge is 0.325 e. The van der Waals surface area contributed by atoms with Gasteiger partial charge in [-0.15, -0.1) is 0 Å². The van der Waals surface area contributed by atoms with Crippen LogP contribution in [0.5, 0.6) is 0 Å². The van der Waals surface area contributed by atoms with E-state index in [0.29, 0.717) is 10.6 Å². The summed E-state index contributed by atoms with van der Waals surface area (Å²) in [5.74, 6) is -0.622. The van der Waals surface area contributed by atoms with E-state index in [0.717, 1.165) is 4.90 Å². The number of imide groups is 1. The third-order valence-corrected chi connectivity index (χ3v) is 4.05. The molecule has 0 aliphatic carbocycles. The molecule has 0 aromatic heterocycles. The van der Waals surface area contributed by atoms with Crippen LogP contribution in [0.25, 0.3) is 0 Å². The van der Waals surface area contributed by atoms with Crippen LogP contribution < -0.4 is 5.32 Å². The summed E-state index contributed by atoms with van der Waals surface area (Å²) in [4.78, 5) is 37.9. The van der Waals surface area contributed by atoms with Gasteiger partial charge >= 0.3 is 6.03 Å². The quantitative estimate of drug-likeness (QED) is 0.870. The Kier molecular flexibility index (Phi) is 4.04. The van der Waals surface area contributed by atoms with Crippen molar-refractivity contribution in [2.24, 2.45) is 5.41 Å². The number of nitrogens with zero attached hydrogens (tertiary/aromatic N) is 1. The molecule has 1 heterocycles. The number of carbonyl (C=O) groups is 3. The molecule has 1 N–H and O–H groups in total. The van der Waals surface area contributed by atoms with Crippen molar-refractivity contribution in [3.8, 4) is 0 Å². The summed E-state index contributed by atoms with van der Waals surface area (Å²) in [6, 6.07) is 6.20. The van der Waals surface area contributed by atoms with E-state index in [2.05, 4.69) is 5.32 Å². The van der Waals surface area contributed by atoms with Crippen LogP contribution in [0.2, 0.25) is 5.02 Å². The predicted octanol–water partition coefficient (Wildman–Crippen LogP) is 2.72. The first-order valence-corrected chi connectivity index (χ1v) is 7.37. The Balaban J connectivity index is 2.30. The molecule has 0 saturated carbocycles. The summed E-state index contributed by atoms with van der Waals surface area (Å²) >= 11 is 5.96. The number of hydrogen-bond acceptors (Lipinski definition) is 3. The number of benzene rings is 1. The molecule has 0 bridgehead atoms. The highest BCUT2D eigenvalue weighted by Gasteiger charge is 2.49. The average molecular weight is 323 g/mol. The van der Waals surface area contributed by atoms with Gasteiger partial charge in [-0.1, -0.05) is 44.5 Å². The molecule has 0 radical (unpaired) electrons. The van der Waals surface area contributed by atoms with Crippen molar-refractivity contribution in [3.05, 3.63) is 34.9 Å². The average Bonchev–Trinajstić information content (AvgIpc) is 2.62. The second-order valence-corrected chi connectivity index (χ2v) is 7.07. The number of halogens is 1. The second kappa shape index (κ2) is 5.39. The standard InChI is InChI=1S/C16H19ClN2O3/c1-15(2,3)12(20)9-19-13(21)16(4,18-14(19)22)10-6-5-7-11(17)8-10/h5-8H,9H2,1-4H3,(H,18,22)/t16-/m0/s1. The lowest BCUT2D eigenvalue weighted by Crippen LogP contribution is -2.42. The molecule has 1 aromatic rings. The van der Waals surface area contributed by atoms with Crippen molar-refractivity contribution >= 4 is 29.3 Å². The van der Waals surface area contributed by atoms with E-state index < -0.39 is 22.9 Å². The van der Waals surface area contributed by atoms with E-state index in [4.69, 9.17) is 11.6 Å². The predicted molar refractivity (Wildman–Crippen MR) is 83.5 cm³/mol. The van der Waals surface area contributed by atoms with Crippen LogP contribution >= 0.6 is 11.6 Å². The molecule has 1 saturated heterocycles. The minimum absolute atomic E-state index is 0.175. The van der Waals surface area contributed by atoms with Crippen LogP contribution in [0.4, 0.5) is 4.79 Å². The van der Waals surface area contributed by atoms with E-state index in [1.807, 2.05) is 0 Å². The molecule has 1 fully saturated rings. The minimum atomic E-state index is -1.21. The SMILES string of the molecule is CC(C)(C)C(=O)CN1C(=O)N[C@@](C)(c2cccc(Cl)c2)C1=O. The zero-order chi connectivity index (χ0) is 16.7. The van der Waals surface area contributed by atoms with Gasteiger partial charge in [-0.25, -0.2) is 4.79 Å². The lowest BCUT2D eigenvalue weighted by Gasteiger charge is -2.23. The van der Waals surface area contributed by atoms with E-state index in [1.54, 1.807) is 52.0 Å². The lowest BCUT2D eigenvalue weighted by molar-refractivity contribution is -0.136. The summed E-state index contributed by atoms with van der Waals surface area (Å²) < 4.78 is 0. The van der Waals surface area contributed by atoms with Crippen LogP contribution in [0.1, 0.15) is 33.3 Å². The zero-order valence-electron chi connectivity index (χ0n) is 13.1. The van der Waals surface area contributed by atoms with Gasteiger partial charge in [0.2, 0.25) is 0 Å². The van der Waals surface area contributed by atoms with Crippen LogP contribution in [0, 0.1) is 5.41 Å². The monoisotopic (exact) mass is 322 g/mol. The van der Waals surface area contributed by atoms with Crippen molar-refractivity contribution in [2.75, 3.05) is 6.54 Å². The van der Waals surface area contributed by atoms with Crippen LogP contribution in [0.15, 0.2) is 24.3 Å². The molecular formula is C16H19ClN2O3. The molecule has 6 heteroatoms. The number of carbonyl (C=O) groups excluding carboxylic acids is 3. The van der Waals surface area contributed by atoms with E-state index in [9.17, 15) is 14.4 Å². The molecule has 1 aliphatic rings. The Morgan fingerprint density at radius 2 is 1.95 bits per heavy atom. The lowest BCUT2D eigenvalue weighted by atomic mass is 9.89. The molecule has 0 spiro atoms. The Morgan fingerprint density at radius 1 is 1.32 bits per heavy atom. The van der Waals surface area contributed by atoms with E-state index in [1.165, 1.54) is 0 Å². The maximum Gasteiger partial charge on any atom is 0.325 e. The van der Waals surface area contributed by atoms with Crippen molar-refractivity contribution in [2.45, 2.75) is 33.2 Å². The number of hydrogen-bond donors (Lipinski definition) is 1. The maximum atomic E-state index is 12.7. The second-order valence-electron chi connectivity index (χ2n) is 6.63. The van der Waals surface area contributed by atoms with Crippen molar-refractivity contribution in [3.63, 3.8) is 0 Å². The Bertz CT molecular complexity index is 651. The number of rotatable bonds is 3. The number of Topliss-reactive ketones (excluding diaryl/α,β-unsaturated/α-hetero) is 1. The van der Waals surface area contributed by atoms with E-state index in [-0.39, 0.29) is 12.3 Å². The van der Waals surface area contributed by atoms with Gasteiger partial charge in [0.1, 0.15) is 5.54 Å². The number of amides is 3. The van der Waals surface area contributed by atoms with Gasteiger partial charge in [0.15, 0.2) is 5.78 Å². The Hall–Kier alpha value is -1.88. The summed E-state index contributed by atoms with van der Waals surface area (Å²) in [5.41, 5.74) is -1.24. The highest BCUT2D eigenvalue weighted by molar-refractivity contribution is 6.30. The van der Waals surface area contributed by atoms with Gasteiger partial charge in [-0.3, -0.25) is 14.5 Å². The molecule has 1 aromatic carbocycles. The molecule has 1 atom stereocenters. The molecule has 5 nitrogen and oxygen atoms in total. The smallest absolute Gasteiger partial charge is 0.319 e. The van der Waals surface area contributed by atoms with Crippen LogP contribution in [-0.4, -0.2) is 29.2 Å². The molecular weight excluding hydrogens is 304 g/mol. The van der Waals surface area contributed by atoms with Gasteiger partial charge in [0.25, 0.3) is 5.91 Å². The molecule has 22 heavy (non-hydrogen) atoms. The van der Waals surface area contributed by atoms with Gasteiger partial charge in [0, 0.05) is 10.4 Å². The minimum Gasteiger partial charge on any atom is -0.319 e. The van der Waals surface area contributed by atoms with Gasteiger partial charge in [-0.2, -0.15) is 0 Å². The third-order valence-electron chi connectivity index (χ3n) is 3.82. The highest BCUT2D eigenvalue weighted by Crippen LogP contribution is 2.30. The fourth-order valence-electron chi connectivity index (χ4n) is 2.22. The molecule has 3 amide bonds. The molecule has 1 aliphatic heterocycles. The molecule has 0 unspecified atom stereocenters. The van der Waals surface area contributed by atoms with Gasteiger partial charge in [0.05, 0.1) is 6.54 Å². The first-order chi connectivity index (χ1) is 10.1. The van der Waals surface area contributed by atoms with Crippen molar-refractivity contribution < 1.29 is 14.4 Å². The topological polar surface area (TPSA) is 66.5 Å². The van der Waals surface area contributed by atoms with E-state index >= 15 is 0 Å². The summed E-state index contributed by atoms with van der Waals surface area (Å²) in [6.07, 6.45) is 0. The zero-order valence-corrected chi connectivity index (χ0v) is 13.8. The van der Waals surface area contributed by atoms with Gasteiger partial charge in [-0.05, 0) is 24.6 Å². The third kappa shape index (κ3) is 2.86. The summed E-state index contributed by atoms with van der Waals surface area (Å²) in [6.45, 7) is 6.64. The maximum absolute atomic E-state index is 12.7. The summed E-state index contributed by atoms with van der Waals surface area (Å²) in [7, 11) is 0. The number of urea groups is 1. The Labute approximate surface area is 134 Å². The normalized spacial score (nSPS) is 22.0. The van der Waals surface area contributed by atoms with Crippen molar-refractivity contribution in [1.29, 1.82) is 0 Å². The Morgan fingerprint density at radius 3 is 2.50 bits per heavy atom. The molecule has 2 rings (SSSR count). The summed E-state index contributed by atoms with van der Waals surface area (Å²) in [5, 5.41) is 3.13. The van der Waals surface area contributed by atoms with Crippen LogP contribution in [-0.2, 0) is 15.1 Å². The van der Waals surface area contributed by atoms with Crippen molar-refractivity contribution in [1.82, 2.24) is 10.2 Å². The highest BCUT2D eigenvalue weighted by atomic mass is 35.5. The fourth-order valence-corrected chi connectivity index (χ4v) is 2.41. The molecule has 118 valence electrons.